The molecular weight excluding hydrogens is 184 g/mol. The first-order chi connectivity index (χ1) is 6.86. The molecule has 2 fully saturated rings. The predicted octanol–water partition coefficient (Wildman–Crippen LogP) is 1.29. The molecule has 2 aliphatic rings. The van der Waals surface area contributed by atoms with E-state index in [1.165, 1.54) is 0 Å². The van der Waals surface area contributed by atoms with Crippen molar-refractivity contribution in [3.8, 4) is 0 Å². The Hall–Kier alpha value is -0.160. The molecule has 0 spiro atoms. The van der Waals surface area contributed by atoms with Gasteiger partial charge in [-0.3, -0.25) is 0 Å². The van der Waals surface area contributed by atoms with E-state index in [-0.39, 0.29) is 24.4 Å². The van der Waals surface area contributed by atoms with Crippen LogP contribution in [0.1, 0.15) is 26.7 Å². The van der Waals surface area contributed by atoms with E-state index < -0.39 is 0 Å². The lowest BCUT2D eigenvalue weighted by molar-refractivity contribution is -0.322. The second-order valence-corrected chi connectivity index (χ2v) is 3.73. The number of rotatable bonds is 2. The first-order valence-corrected chi connectivity index (χ1v) is 5.33. The minimum Gasteiger partial charge on any atom is -0.349 e. The molecule has 0 aromatic carbocycles. The number of hydrogen-bond acceptors (Lipinski definition) is 4. The van der Waals surface area contributed by atoms with Gasteiger partial charge in [0.05, 0.1) is 12.2 Å². The highest BCUT2D eigenvalue weighted by molar-refractivity contribution is 4.88. The third kappa shape index (κ3) is 1.80. The quantitative estimate of drug-likeness (QED) is 0.676. The molecule has 0 bridgehead atoms. The van der Waals surface area contributed by atoms with Gasteiger partial charge in [-0.2, -0.15) is 0 Å². The zero-order chi connectivity index (χ0) is 9.97. The number of hydrogen-bond donors (Lipinski definition) is 0. The summed E-state index contributed by atoms with van der Waals surface area (Å²) in [5.41, 5.74) is 0. The van der Waals surface area contributed by atoms with Crippen LogP contribution < -0.4 is 0 Å². The molecule has 1 unspecified atom stereocenters. The highest BCUT2D eigenvalue weighted by Crippen LogP contribution is 2.28. The molecule has 4 atom stereocenters. The van der Waals surface area contributed by atoms with Crippen molar-refractivity contribution in [2.24, 2.45) is 0 Å². The molecule has 0 N–H and O–H groups in total. The summed E-state index contributed by atoms with van der Waals surface area (Å²) in [6.45, 7) is 4.94. The molecule has 0 aliphatic carbocycles. The van der Waals surface area contributed by atoms with Gasteiger partial charge in [0, 0.05) is 0 Å². The molecule has 2 heterocycles. The van der Waals surface area contributed by atoms with E-state index in [1.807, 2.05) is 0 Å². The van der Waals surface area contributed by atoms with E-state index in [0.29, 0.717) is 13.6 Å². The second kappa shape index (κ2) is 4.57. The molecule has 0 saturated carbocycles. The zero-order valence-corrected chi connectivity index (χ0v) is 8.77. The first kappa shape index (κ1) is 10.4. The maximum Gasteiger partial charge on any atom is 0.147 e. The van der Waals surface area contributed by atoms with Crippen LogP contribution in [0, 0.1) is 0 Å². The summed E-state index contributed by atoms with van der Waals surface area (Å²) >= 11 is 0. The molecule has 4 nitrogen and oxygen atoms in total. The molecule has 4 heteroatoms. The fraction of sp³-hybridized carbons (Fsp3) is 1.00. The number of ether oxygens (including phenoxy) is 4. The lowest BCUT2D eigenvalue weighted by atomic mass is 9.98. The van der Waals surface area contributed by atoms with Crippen molar-refractivity contribution in [1.82, 2.24) is 0 Å². The molecule has 2 saturated heterocycles. The molecule has 0 aromatic rings. The molecule has 0 amide bonds. The van der Waals surface area contributed by atoms with Crippen molar-refractivity contribution in [1.29, 1.82) is 0 Å². The van der Waals surface area contributed by atoms with Crippen LogP contribution >= 0.6 is 0 Å². The van der Waals surface area contributed by atoms with Gasteiger partial charge in [-0.05, 0) is 12.8 Å². The van der Waals surface area contributed by atoms with Crippen LogP contribution in [0.25, 0.3) is 0 Å². The third-order valence-electron chi connectivity index (χ3n) is 2.95. The SMILES string of the molecule is CC[C@@H]1OCO[C@H]2C1OCO[C@@H]2CC. The largest absolute Gasteiger partial charge is 0.349 e. The van der Waals surface area contributed by atoms with Gasteiger partial charge in [-0.15, -0.1) is 0 Å². The van der Waals surface area contributed by atoms with Crippen molar-refractivity contribution in [3.05, 3.63) is 0 Å². The summed E-state index contributed by atoms with van der Waals surface area (Å²) < 4.78 is 22.1. The van der Waals surface area contributed by atoms with Gasteiger partial charge in [0.1, 0.15) is 25.8 Å². The summed E-state index contributed by atoms with van der Waals surface area (Å²) in [7, 11) is 0. The molecule has 82 valence electrons. The fourth-order valence-electron chi connectivity index (χ4n) is 2.13. The standard InChI is InChI=1S/C10H18O4/c1-3-7-9-10(14-5-11-7)8(4-2)12-6-13-9/h7-10H,3-6H2,1-2H3/t7-,8+,9-,10?/m1/s1. The van der Waals surface area contributed by atoms with Crippen LogP contribution in [-0.2, 0) is 18.9 Å². The predicted molar refractivity (Wildman–Crippen MR) is 49.8 cm³/mol. The van der Waals surface area contributed by atoms with Gasteiger partial charge in [0.2, 0.25) is 0 Å². The van der Waals surface area contributed by atoms with E-state index in [0.717, 1.165) is 12.8 Å². The lowest BCUT2D eigenvalue weighted by Crippen LogP contribution is -2.56. The summed E-state index contributed by atoms with van der Waals surface area (Å²) in [4.78, 5) is 0. The van der Waals surface area contributed by atoms with Crippen LogP contribution in [0.5, 0.6) is 0 Å². The van der Waals surface area contributed by atoms with Crippen LogP contribution in [-0.4, -0.2) is 38.0 Å². The zero-order valence-electron chi connectivity index (χ0n) is 8.77. The van der Waals surface area contributed by atoms with Crippen molar-refractivity contribution in [3.63, 3.8) is 0 Å². The van der Waals surface area contributed by atoms with Crippen molar-refractivity contribution >= 4 is 0 Å². The van der Waals surface area contributed by atoms with E-state index in [4.69, 9.17) is 18.9 Å². The summed E-state index contributed by atoms with van der Waals surface area (Å²) in [5, 5.41) is 0. The van der Waals surface area contributed by atoms with Gasteiger partial charge in [-0.25, -0.2) is 0 Å². The Kier molecular flexibility index (Phi) is 3.38. The average Bonchev–Trinajstić information content (AvgIpc) is 2.27. The normalized spacial score (nSPS) is 43.3. The average molecular weight is 202 g/mol. The second-order valence-electron chi connectivity index (χ2n) is 3.73. The molecule has 0 aromatic heterocycles. The van der Waals surface area contributed by atoms with Crippen molar-refractivity contribution < 1.29 is 18.9 Å². The van der Waals surface area contributed by atoms with Gasteiger partial charge in [0.15, 0.2) is 0 Å². The Morgan fingerprint density at radius 3 is 1.57 bits per heavy atom. The Balaban J connectivity index is 2.04. The Bertz CT molecular complexity index is 165. The van der Waals surface area contributed by atoms with Crippen LogP contribution in [0.2, 0.25) is 0 Å². The number of fused-ring (bicyclic) bond motifs is 1. The van der Waals surface area contributed by atoms with Crippen LogP contribution in [0.4, 0.5) is 0 Å². The van der Waals surface area contributed by atoms with Crippen LogP contribution in [0.3, 0.4) is 0 Å². The van der Waals surface area contributed by atoms with E-state index >= 15 is 0 Å². The molecule has 2 rings (SSSR count). The summed E-state index contributed by atoms with van der Waals surface area (Å²) in [5.74, 6) is 0. The maximum absolute atomic E-state index is 5.55. The molecule has 14 heavy (non-hydrogen) atoms. The Labute approximate surface area is 84.5 Å². The minimum absolute atomic E-state index is 0.0486. The van der Waals surface area contributed by atoms with E-state index in [2.05, 4.69) is 13.8 Å². The van der Waals surface area contributed by atoms with E-state index in [9.17, 15) is 0 Å². The fourth-order valence-corrected chi connectivity index (χ4v) is 2.13. The van der Waals surface area contributed by atoms with Gasteiger partial charge in [0.25, 0.3) is 0 Å². The first-order valence-electron chi connectivity index (χ1n) is 5.33. The third-order valence-corrected chi connectivity index (χ3v) is 2.95. The van der Waals surface area contributed by atoms with Crippen LogP contribution in [0.15, 0.2) is 0 Å². The van der Waals surface area contributed by atoms with Crippen molar-refractivity contribution in [2.45, 2.75) is 51.1 Å². The lowest BCUT2D eigenvalue weighted by Gasteiger charge is -2.43. The summed E-state index contributed by atoms with van der Waals surface area (Å²) in [6.07, 6.45) is 2.33. The topological polar surface area (TPSA) is 36.9 Å². The molecule has 0 radical (unpaired) electrons. The summed E-state index contributed by atoms with van der Waals surface area (Å²) in [6, 6.07) is 0. The highest BCUT2D eigenvalue weighted by atomic mass is 16.8. The Morgan fingerprint density at radius 1 is 0.786 bits per heavy atom. The van der Waals surface area contributed by atoms with Crippen molar-refractivity contribution in [2.75, 3.05) is 13.6 Å². The smallest absolute Gasteiger partial charge is 0.147 e. The molecule has 2 aliphatic heterocycles. The van der Waals surface area contributed by atoms with Gasteiger partial charge >= 0.3 is 0 Å². The maximum atomic E-state index is 5.55. The Morgan fingerprint density at radius 2 is 1.21 bits per heavy atom. The van der Waals surface area contributed by atoms with E-state index in [1.54, 1.807) is 0 Å². The van der Waals surface area contributed by atoms with Gasteiger partial charge in [-0.1, -0.05) is 13.8 Å². The van der Waals surface area contributed by atoms with Gasteiger partial charge < -0.3 is 18.9 Å². The highest BCUT2D eigenvalue weighted by Gasteiger charge is 2.42. The molecular formula is C10H18O4. The minimum atomic E-state index is 0.0486. The monoisotopic (exact) mass is 202 g/mol.